The van der Waals surface area contributed by atoms with Gasteiger partial charge in [-0.25, -0.2) is 4.68 Å². The fraction of sp³-hybridized carbons (Fsp3) is 0.318. The van der Waals surface area contributed by atoms with Crippen LogP contribution in [-0.4, -0.2) is 38.9 Å². The molecule has 3 aromatic rings. The van der Waals surface area contributed by atoms with Gasteiger partial charge >= 0.3 is 6.18 Å². The quantitative estimate of drug-likeness (QED) is 0.637. The van der Waals surface area contributed by atoms with Crippen molar-refractivity contribution in [2.45, 2.75) is 31.5 Å². The Morgan fingerprint density at radius 1 is 1.10 bits per heavy atom. The normalized spacial score (nSPS) is 17.2. The smallest absolute Gasteiger partial charge is 0.337 e. The van der Waals surface area contributed by atoms with E-state index in [9.17, 15) is 18.0 Å². The molecule has 0 radical (unpaired) electrons. The van der Waals surface area contributed by atoms with Gasteiger partial charge in [0.15, 0.2) is 5.69 Å². The number of amides is 1. The van der Waals surface area contributed by atoms with Gasteiger partial charge in [-0.15, -0.1) is 5.10 Å². The molecule has 1 atom stereocenters. The van der Waals surface area contributed by atoms with Crippen molar-refractivity contribution in [1.29, 1.82) is 0 Å². The largest absolute Gasteiger partial charge is 0.416 e. The first-order valence-corrected chi connectivity index (χ1v) is 9.80. The molecule has 1 saturated heterocycles. The highest BCUT2D eigenvalue weighted by Crippen LogP contribution is 2.30. The molecule has 0 saturated carbocycles. The van der Waals surface area contributed by atoms with E-state index < -0.39 is 11.7 Å². The molecular formula is C22H21F3N4O. The lowest BCUT2D eigenvalue weighted by molar-refractivity contribution is -0.137. The molecule has 0 spiro atoms. The molecule has 156 valence electrons. The summed E-state index contributed by atoms with van der Waals surface area (Å²) in [7, 11) is 0. The second-order valence-corrected chi connectivity index (χ2v) is 7.50. The molecular weight excluding hydrogens is 393 g/mol. The zero-order chi connectivity index (χ0) is 21.1. The maximum atomic E-state index is 12.9. The van der Waals surface area contributed by atoms with E-state index in [-0.39, 0.29) is 24.1 Å². The monoisotopic (exact) mass is 414 g/mol. The molecule has 8 heteroatoms. The number of nitrogens with zero attached hydrogens (tertiary/aromatic N) is 4. The summed E-state index contributed by atoms with van der Waals surface area (Å²) in [6.07, 6.45) is -0.975. The molecule has 4 rings (SSSR count). The van der Waals surface area contributed by atoms with Gasteiger partial charge in [0.25, 0.3) is 5.91 Å². The highest BCUT2D eigenvalue weighted by atomic mass is 19.4. The van der Waals surface area contributed by atoms with Crippen LogP contribution in [0.2, 0.25) is 0 Å². The van der Waals surface area contributed by atoms with Crippen LogP contribution in [0.3, 0.4) is 0 Å². The van der Waals surface area contributed by atoms with E-state index in [1.165, 1.54) is 22.5 Å². The van der Waals surface area contributed by atoms with Gasteiger partial charge in [-0.3, -0.25) is 4.79 Å². The Morgan fingerprint density at radius 3 is 2.67 bits per heavy atom. The van der Waals surface area contributed by atoms with Crippen LogP contribution in [0, 0.1) is 0 Å². The van der Waals surface area contributed by atoms with Crippen LogP contribution >= 0.6 is 0 Å². The van der Waals surface area contributed by atoms with Gasteiger partial charge in [-0.1, -0.05) is 47.7 Å². The van der Waals surface area contributed by atoms with Gasteiger partial charge in [-0.2, -0.15) is 13.2 Å². The van der Waals surface area contributed by atoms with Crippen molar-refractivity contribution in [3.05, 3.63) is 83.2 Å². The standard InChI is InChI=1S/C22H21F3N4O/c23-22(24,25)19-10-4-6-16(12-19)13-29-15-20(26-27-29)21(30)28-11-5-9-18(14-28)17-7-2-1-3-8-17/h1-4,6-8,10,12,15,18H,5,9,11,13-14H2/t18-/m0/s1. The van der Waals surface area contributed by atoms with Crippen LogP contribution in [0.5, 0.6) is 0 Å². The number of aromatic nitrogens is 3. The zero-order valence-electron chi connectivity index (χ0n) is 16.2. The fourth-order valence-electron chi connectivity index (χ4n) is 3.83. The number of alkyl halides is 3. The Morgan fingerprint density at radius 2 is 1.90 bits per heavy atom. The predicted octanol–water partition coefficient (Wildman–Crippen LogP) is 4.37. The van der Waals surface area contributed by atoms with E-state index in [0.717, 1.165) is 25.0 Å². The minimum absolute atomic E-state index is 0.108. The van der Waals surface area contributed by atoms with Crippen molar-refractivity contribution in [3.8, 4) is 0 Å². The first kappa shape index (κ1) is 20.1. The van der Waals surface area contributed by atoms with Crippen molar-refractivity contribution in [2.75, 3.05) is 13.1 Å². The van der Waals surface area contributed by atoms with Gasteiger partial charge < -0.3 is 4.90 Å². The van der Waals surface area contributed by atoms with Gasteiger partial charge in [0.1, 0.15) is 0 Å². The summed E-state index contributed by atoms with van der Waals surface area (Å²) in [6.45, 7) is 1.38. The third kappa shape index (κ3) is 4.53. The molecule has 30 heavy (non-hydrogen) atoms. The molecule has 1 fully saturated rings. The minimum Gasteiger partial charge on any atom is -0.337 e. The first-order valence-electron chi connectivity index (χ1n) is 9.80. The summed E-state index contributed by atoms with van der Waals surface area (Å²) < 4.78 is 40.1. The molecule has 0 unspecified atom stereocenters. The van der Waals surface area contributed by atoms with E-state index in [1.54, 1.807) is 11.0 Å². The van der Waals surface area contributed by atoms with Crippen LogP contribution in [0.15, 0.2) is 60.8 Å². The summed E-state index contributed by atoms with van der Waals surface area (Å²) in [6, 6.07) is 15.2. The summed E-state index contributed by atoms with van der Waals surface area (Å²) >= 11 is 0. The van der Waals surface area contributed by atoms with Crippen LogP contribution in [0.1, 0.15) is 45.9 Å². The van der Waals surface area contributed by atoms with Gasteiger partial charge in [-0.05, 0) is 36.1 Å². The second kappa shape index (κ2) is 8.30. The van der Waals surface area contributed by atoms with E-state index in [1.807, 2.05) is 18.2 Å². The van der Waals surface area contributed by atoms with Crippen molar-refractivity contribution in [2.24, 2.45) is 0 Å². The van der Waals surface area contributed by atoms with Gasteiger partial charge in [0.05, 0.1) is 18.3 Å². The average molecular weight is 414 g/mol. The molecule has 1 aromatic heterocycles. The minimum atomic E-state index is -4.40. The summed E-state index contributed by atoms with van der Waals surface area (Å²) in [5.74, 6) is 0.0787. The Bertz CT molecular complexity index is 1020. The molecule has 0 N–H and O–H groups in total. The number of hydrogen-bond acceptors (Lipinski definition) is 3. The molecule has 2 heterocycles. The molecule has 2 aromatic carbocycles. The lowest BCUT2D eigenvalue weighted by Crippen LogP contribution is -2.39. The van der Waals surface area contributed by atoms with Gasteiger partial charge in [0.2, 0.25) is 0 Å². The van der Waals surface area contributed by atoms with Gasteiger partial charge in [0, 0.05) is 19.0 Å². The van der Waals surface area contributed by atoms with Crippen molar-refractivity contribution in [1.82, 2.24) is 19.9 Å². The highest BCUT2D eigenvalue weighted by molar-refractivity contribution is 5.92. The number of piperidine rings is 1. The van der Waals surface area contributed by atoms with E-state index in [0.29, 0.717) is 18.7 Å². The number of carbonyl (C=O) groups is 1. The Kier molecular flexibility index (Phi) is 5.57. The maximum Gasteiger partial charge on any atom is 0.416 e. The van der Waals surface area contributed by atoms with Crippen LogP contribution in [0.25, 0.3) is 0 Å². The Balaban J connectivity index is 1.44. The molecule has 1 aliphatic heterocycles. The van der Waals surface area contributed by atoms with Crippen molar-refractivity contribution >= 4 is 5.91 Å². The van der Waals surface area contributed by atoms with Crippen LogP contribution < -0.4 is 0 Å². The molecule has 1 amide bonds. The third-order valence-corrected chi connectivity index (χ3v) is 5.34. The van der Waals surface area contributed by atoms with Crippen LogP contribution in [0.4, 0.5) is 13.2 Å². The molecule has 1 aliphatic rings. The number of rotatable bonds is 4. The zero-order valence-corrected chi connectivity index (χ0v) is 16.2. The summed E-state index contributed by atoms with van der Waals surface area (Å²) in [4.78, 5) is 14.7. The van der Waals surface area contributed by atoms with Crippen molar-refractivity contribution < 1.29 is 18.0 Å². The Hall–Kier alpha value is -3.16. The SMILES string of the molecule is O=C(c1cn(Cc2cccc(C(F)(F)F)c2)nn1)N1CCC[C@H](c2ccccc2)C1. The fourth-order valence-corrected chi connectivity index (χ4v) is 3.83. The number of hydrogen-bond donors (Lipinski definition) is 0. The average Bonchev–Trinajstić information content (AvgIpc) is 3.22. The van der Waals surface area contributed by atoms with Crippen molar-refractivity contribution in [3.63, 3.8) is 0 Å². The topological polar surface area (TPSA) is 51.0 Å². The lowest BCUT2D eigenvalue weighted by atomic mass is 9.90. The molecule has 5 nitrogen and oxygen atoms in total. The number of likely N-dealkylation sites (tertiary alicyclic amines) is 1. The highest BCUT2D eigenvalue weighted by Gasteiger charge is 2.30. The second-order valence-electron chi connectivity index (χ2n) is 7.50. The Labute approximate surface area is 172 Å². The molecule has 0 aliphatic carbocycles. The summed E-state index contributed by atoms with van der Waals surface area (Å²) in [5.41, 5.74) is 1.14. The maximum absolute atomic E-state index is 12.9. The van der Waals surface area contributed by atoms with Crippen LogP contribution in [-0.2, 0) is 12.7 Å². The number of benzene rings is 2. The number of carbonyl (C=O) groups excluding carboxylic acids is 1. The molecule has 0 bridgehead atoms. The first-order chi connectivity index (χ1) is 14.4. The van der Waals surface area contributed by atoms with E-state index in [2.05, 4.69) is 22.4 Å². The van der Waals surface area contributed by atoms with E-state index in [4.69, 9.17) is 0 Å². The lowest BCUT2D eigenvalue weighted by Gasteiger charge is -2.32. The third-order valence-electron chi connectivity index (χ3n) is 5.34. The summed E-state index contributed by atoms with van der Waals surface area (Å²) in [5, 5.41) is 7.89. The number of halogens is 3. The predicted molar refractivity (Wildman–Crippen MR) is 105 cm³/mol. The van der Waals surface area contributed by atoms with E-state index >= 15 is 0 Å².